The predicted molar refractivity (Wildman–Crippen MR) is 106 cm³/mol. The highest BCUT2D eigenvalue weighted by Gasteiger charge is 2.23. The number of carbonyl (C=O) groups excluding carboxylic acids is 1. The van der Waals surface area contributed by atoms with Gasteiger partial charge in [0, 0.05) is 25.8 Å². The minimum Gasteiger partial charge on any atom is -0.372 e. The second kappa shape index (κ2) is 8.86. The van der Waals surface area contributed by atoms with Crippen LogP contribution in [0.4, 0.5) is 5.82 Å². The Morgan fingerprint density at radius 2 is 2.04 bits per heavy atom. The number of anilines is 1. The van der Waals surface area contributed by atoms with E-state index < -0.39 is 0 Å². The molecule has 0 saturated carbocycles. The number of carbonyl (C=O) groups is 1. The fourth-order valence-electron chi connectivity index (χ4n) is 2.95. The molecule has 0 bridgehead atoms. The molecule has 2 atom stereocenters. The maximum Gasteiger partial charge on any atom is 0.271 e. The predicted octanol–water partition coefficient (Wildman–Crippen LogP) is 2.79. The molecule has 0 aliphatic carbocycles. The molecular formula is C18H22ClN5O2S. The molecule has 0 radical (unpaired) electrons. The first-order chi connectivity index (χ1) is 13.0. The van der Waals surface area contributed by atoms with Crippen LogP contribution in [0.1, 0.15) is 29.9 Å². The van der Waals surface area contributed by atoms with Crippen molar-refractivity contribution in [3.05, 3.63) is 40.8 Å². The number of nitrogens with one attached hydrogen (secondary N) is 1. The van der Waals surface area contributed by atoms with Crippen LogP contribution >= 0.6 is 23.4 Å². The van der Waals surface area contributed by atoms with Crippen molar-refractivity contribution >= 4 is 35.1 Å². The first kappa shape index (κ1) is 19.9. The maximum atomic E-state index is 12.4. The van der Waals surface area contributed by atoms with Gasteiger partial charge in [-0.05, 0) is 31.7 Å². The van der Waals surface area contributed by atoms with E-state index in [-0.39, 0.29) is 28.8 Å². The van der Waals surface area contributed by atoms with Gasteiger partial charge in [-0.1, -0.05) is 29.4 Å². The number of thioether (sulfide) groups is 1. The lowest BCUT2D eigenvalue weighted by Gasteiger charge is -2.36. The van der Waals surface area contributed by atoms with Crippen LogP contribution in [0.15, 0.2) is 29.7 Å². The SMILES string of the molecule is CSc1ncc(Cl)c(C(=O)NCc2ccc(N3C[C@@H](C)O[C@H](C)C3)nc2)n1. The van der Waals surface area contributed by atoms with Gasteiger partial charge in [0.2, 0.25) is 0 Å². The van der Waals surface area contributed by atoms with Crippen LogP contribution in [0, 0.1) is 0 Å². The summed E-state index contributed by atoms with van der Waals surface area (Å²) in [7, 11) is 0. The lowest BCUT2D eigenvalue weighted by Crippen LogP contribution is -2.45. The minimum absolute atomic E-state index is 0.178. The van der Waals surface area contributed by atoms with Gasteiger partial charge in [-0.3, -0.25) is 4.79 Å². The van der Waals surface area contributed by atoms with Crippen LogP contribution in [0.3, 0.4) is 0 Å². The van der Waals surface area contributed by atoms with Crippen molar-refractivity contribution in [1.29, 1.82) is 0 Å². The zero-order chi connectivity index (χ0) is 19.4. The Balaban J connectivity index is 1.61. The fraction of sp³-hybridized carbons (Fsp3) is 0.444. The number of ether oxygens (including phenoxy) is 1. The summed E-state index contributed by atoms with van der Waals surface area (Å²) in [4.78, 5) is 27.3. The number of rotatable bonds is 5. The van der Waals surface area contributed by atoms with Gasteiger partial charge in [0.05, 0.1) is 23.4 Å². The van der Waals surface area contributed by atoms with Gasteiger partial charge < -0.3 is 15.0 Å². The van der Waals surface area contributed by atoms with Gasteiger partial charge in [-0.15, -0.1) is 0 Å². The molecule has 27 heavy (non-hydrogen) atoms. The van der Waals surface area contributed by atoms with Gasteiger partial charge in [0.25, 0.3) is 5.91 Å². The number of pyridine rings is 1. The summed E-state index contributed by atoms with van der Waals surface area (Å²) in [5.41, 5.74) is 1.08. The second-order valence-electron chi connectivity index (χ2n) is 6.42. The number of aromatic nitrogens is 3. The lowest BCUT2D eigenvalue weighted by molar-refractivity contribution is -0.00546. The molecule has 1 aliphatic rings. The minimum atomic E-state index is -0.336. The Hall–Kier alpha value is -1.90. The third-order valence-corrected chi connectivity index (χ3v) is 4.96. The van der Waals surface area contributed by atoms with E-state index in [0.717, 1.165) is 24.5 Å². The summed E-state index contributed by atoms with van der Waals surface area (Å²) in [6.07, 6.45) is 5.41. The molecule has 0 aromatic carbocycles. The molecule has 3 rings (SSSR count). The van der Waals surface area contributed by atoms with Crippen LogP contribution in [-0.2, 0) is 11.3 Å². The van der Waals surface area contributed by atoms with Crippen molar-refractivity contribution in [2.24, 2.45) is 0 Å². The first-order valence-electron chi connectivity index (χ1n) is 8.66. The number of hydrogen-bond donors (Lipinski definition) is 1. The summed E-state index contributed by atoms with van der Waals surface area (Å²) >= 11 is 7.39. The quantitative estimate of drug-likeness (QED) is 0.602. The topological polar surface area (TPSA) is 80.2 Å². The van der Waals surface area contributed by atoms with E-state index >= 15 is 0 Å². The molecule has 0 unspecified atom stereocenters. The highest BCUT2D eigenvalue weighted by atomic mass is 35.5. The van der Waals surface area contributed by atoms with E-state index in [2.05, 4.69) is 39.0 Å². The van der Waals surface area contributed by atoms with E-state index in [1.807, 2.05) is 18.4 Å². The molecule has 0 spiro atoms. The molecule has 144 valence electrons. The largest absolute Gasteiger partial charge is 0.372 e. The maximum absolute atomic E-state index is 12.4. The molecule has 7 nitrogen and oxygen atoms in total. The van der Waals surface area contributed by atoms with Crippen LogP contribution in [0.25, 0.3) is 0 Å². The van der Waals surface area contributed by atoms with E-state index in [1.165, 1.54) is 18.0 Å². The monoisotopic (exact) mass is 407 g/mol. The van der Waals surface area contributed by atoms with Crippen LogP contribution in [0.5, 0.6) is 0 Å². The number of halogens is 1. The summed E-state index contributed by atoms with van der Waals surface area (Å²) in [6.45, 7) is 6.10. The summed E-state index contributed by atoms with van der Waals surface area (Å²) in [5, 5.41) is 3.56. The average Bonchev–Trinajstić information content (AvgIpc) is 2.66. The molecule has 2 aromatic heterocycles. The number of morpholine rings is 1. The van der Waals surface area contributed by atoms with Gasteiger partial charge in [0.15, 0.2) is 10.9 Å². The molecule has 9 heteroatoms. The molecule has 1 saturated heterocycles. The highest BCUT2D eigenvalue weighted by Crippen LogP contribution is 2.19. The number of nitrogens with zero attached hydrogens (tertiary/aromatic N) is 4. The second-order valence-corrected chi connectivity index (χ2v) is 7.60. The molecule has 1 aliphatic heterocycles. The van der Waals surface area contributed by atoms with Crippen molar-refractivity contribution in [1.82, 2.24) is 20.3 Å². The number of hydrogen-bond acceptors (Lipinski definition) is 7. The Morgan fingerprint density at radius 3 is 2.67 bits per heavy atom. The van der Waals surface area contributed by atoms with Crippen LogP contribution < -0.4 is 10.2 Å². The van der Waals surface area contributed by atoms with Crippen LogP contribution in [-0.4, -0.2) is 52.4 Å². The highest BCUT2D eigenvalue weighted by molar-refractivity contribution is 7.98. The zero-order valence-corrected chi connectivity index (χ0v) is 17.0. The summed E-state index contributed by atoms with van der Waals surface area (Å²) in [5.74, 6) is 0.577. The Kier molecular flexibility index (Phi) is 6.51. The van der Waals surface area contributed by atoms with Crippen molar-refractivity contribution in [3.63, 3.8) is 0 Å². The van der Waals surface area contributed by atoms with Gasteiger partial charge in [-0.2, -0.15) is 0 Å². The molecule has 1 fully saturated rings. The van der Waals surface area contributed by atoms with E-state index in [9.17, 15) is 4.79 Å². The Bertz CT molecular complexity index is 795. The van der Waals surface area contributed by atoms with Crippen LogP contribution in [0.2, 0.25) is 5.02 Å². The van der Waals surface area contributed by atoms with Gasteiger partial charge >= 0.3 is 0 Å². The number of amides is 1. The van der Waals surface area contributed by atoms with Crippen molar-refractivity contribution in [2.75, 3.05) is 24.2 Å². The molecule has 1 N–H and O–H groups in total. The Labute approximate surface area is 167 Å². The molecule has 2 aromatic rings. The van der Waals surface area contributed by atoms with Crippen molar-refractivity contribution in [3.8, 4) is 0 Å². The van der Waals surface area contributed by atoms with E-state index in [0.29, 0.717) is 11.7 Å². The summed E-state index contributed by atoms with van der Waals surface area (Å²) < 4.78 is 5.76. The average molecular weight is 408 g/mol. The fourth-order valence-corrected chi connectivity index (χ4v) is 3.47. The van der Waals surface area contributed by atoms with Gasteiger partial charge in [0.1, 0.15) is 5.82 Å². The van der Waals surface area contributed by atoms with Gasteiger partial charge in [-0.25, -0.2) is 15.0 Å². The Morgan fingerprint density at radius 1 is 1.30 bits per heavy atom. The van der Waals surface area contributed by atoms with E-state index in [4.69, 9.17) is 16.3 Å². The third kappa shape index (κ3) is 5.09. The first-order valence-corrected chi connectivity index (χ1v) is 10.3. The van der Waals surface area contributed by atoms with Crippen molar-refractivity contribution < 1.29 is 9.53 Å². The summed E-state index contributed by atoms with van der Waals surface area (Å²) in [6, 6.07) is 3.93. The lowest BCUT2D eigenvalue weighted by atomic mass is 10.2. The molecule has 1 amide bonds. The molecular weight excluding hydrogens is 386 g/mol. The van der Waals surface area contributed by atoms with Crippen molar-refractivity contribution in [2.45, 2.75) is 37.8 Å². The third-order valence-electron chi connectivity index (χ3n) is 4.13. The smallest absolute Gasteiger partial charge is 0.271 e. The normalized spacial score (nSPS) is 19.8. The molecule has 3 heterocycles. The van der Waals surface area contributed by atoms with E-state index in [1.54, 1.807) is 6.20 Å². The standard InChI is InChI=1S/C18H22ClN5O2S/c1-11-9-24(10-12(2)26-11)15-5-4-13(6-20-15)7-21-17(25)16-14(19)8-22-18(23-16)27-3/h4-6,8,11-12H,7,9-10H2,1-3H3,(H,21,25)/t11-,12-/m1/s1. The zero-order valence-electron chi connectivity index (χ0n) is 15.5.